The molecule has 4 nitrogen and oxygen atoms in total. The number of aromatic nitrogens is 2. The van der Waals surface area contributed by atoms with E-state index in [1.807, 2.05) is 24.3 Å². The van der Waals surface area contributed by atoms with Crippen molar-refractivity contribution < 1.29 is 0 Å². The second-order valence-electron chi connectivity index (χ2n) is 4.32. The average Bonchev–Trinajstić information content (AvgIpc) is 2.33. The van der Waals surface area contributed by atoms with Crippen LogP contribution in [0.3, 0.4) is 0 Å². The van der Waals surface area contributed by atoms with Crippen molar-refractivity contribution in [2.24, 2.45) is 0 Å². The number of nitrogens with one attached hydrogen (secondary N) is 1. The molecule has 1 fully saturated rings. The first-order valence-corrected chi connectivity index (χ1v) is 5.80. The predicted octanol–water partition coefficient (Wildman–Crippen LogP) is 2.47. The van der Waals surface area contributed by atoms with Gasteiger partial charge in [0.2, 0.25) is 0 Å². The van der Waals surface area contributed by atoms with Crippen molar-refractivity contribution in [3.8, 4) is 6.07 Å². The van der Waals surface area contributed by atoms with Gasteiger partial charge in [-0.15, -0.1) is 10.2 Å². The van der Waals surface area contributed by atoms with E-state index < -0.39 is 0 Å². The third-order valence-electron chi connectivity index (χ3n) is 3.23. The van der Waals surface area contributed by atoms with Crippen LogP contribution in [-0.4, -0.2) is 16.2 Å². The maximum absolute atomic E-state index is 9.09. The van der Waals surface area contributed by atoms with E-state index in [1.165, 1.54) is 19.3 Å². The number of rotatable bonds is 2. The minimum Gasteiger partial charge on any atom is -0.379 e. The van der Waals surface area contributed by atoms with Gasteiger partial charge < -0.3 is 5.32 Å². The summed E-state index contributed by atoms with van der Waals surface area (Å²) in [7, 11) is 0. The first-order valence-electron chi connectivity index (χ1n) is 5.80. The van der Waals surface area contributed by atoms with Gasteiger partial charge in [0.15, 0.2) is 5.69 Å². The summed E-state index contributed by atoms with van der Waals surface area (Å²) in [5, 5.41) is 21.5. The van der Waals surface area contributed by atoms with E-state index in [1.54, 1.807) is 0 Å². The van der Waals surface area contributed by atoms with E-state index in [0.717, 1.165) is 16.6 Å². The Morgan fingerprint density at radius 2 is 2.06 bits per heavy atom. The molecule has 2 aromatic rings. The van der Waals surface area contributed by atoms with E-state index in [2.05, 4.69) is 21.6 Å². The summed E-state index contributed by atoms with van der Waals surface area (Å²) in [6, 6.07) is 10.4. The largest absolute Gasteiger partial charge is 0.379 e. The van der Waals surface area contributed by atoms with Gasteiger partial charge in [0, 0.05) is 11.4 Å². The summed E-state index contributed by atoms with van der Waals surface area (Å²) in [6.45, 7) is 0. The molecule has 17 heavy (non-hydrogen) atoms. The van der Waals surface area contributed by atoms with Gasteiger partial charge >= 0.3 is 0 Å². The van der Waals surface area contributed by atoms with Crippen LogP contribution in [0, 0.1) is 11.3 Å². The first-order chi connectivity index (χ1) is 8.38. The van der Waals surface area contributed by atoms with Crippen LogP contribution in [0.15, 0.2) is 24.3 Å². The molecule has 0 atom stereocenters. The fourth-order valence-corrected chi connectivity index (χ4v) is 2.03. The number of fused-ring (bicyclic) bond motifs is 1. The molecule has 84 valence electrons. The molecule has 0 amide bonds. The minimum atomic E-state index is 0.385. The Kier molecular flexibility index (Phi) is 2.37. The fraction of sp³-hybridized carbons (Fsp3) is 0.308. The molecule has 4 heteroatoms. The lowest BCUT2D eigenvalue weighted by Gasteiger charge is -2.28. The molecule has 1 aliphatic carbocycles. The van der Waals surface area contributed by atoms with Gasteiger partial charge in [0.25, 0.3) is 0 Å². The summed E-state index contributed by atoms with van der Waals surface area (Å²) in [6.07, 6.45) is 3.60. The third kappa shape index (κ3) is 1.70. The van der Waals surface area contributed by atoms with Crippen molar-refractivity contribution in [1.29, 1.82) is 5.26 Å². The van der Waals surface area contributed by atoms with Gasteiger partial charge in [0.1, 0.15) is 6.07 Å². The van der Waals surface area contributed by atoms with Gasteiger partial charge in [-0.25, -0.2) is 0 Å². The van der Waals surface area contributed by atoms with E-state index in [4.69, 9.17) is 5.26 Å². The van der Waals surface area contributed by atoms with Crippen molar-refractivity contribution in [2.45, 2.75) is 25.3 Å². The molecule has 1 aromatic heterocycles. The quantitative estimate of drug-likeness (QED) is 0.851. The summed E-state index contributed by atoms with van der Waals surface area (Å²) in [5.41, 5.74) is 2.05. The van der Waals surface area contributed by atoms with Gasteiger partial charge in [-0.05, 0) is 25.3 Å². The lowest BCUT2D eigenvalue weighted by molar-refractivity contribution is 0.445. The molecule has 0 aliphatic heterocycles. The molecule has 0 radical (unpaired) electrons. The number of nitrogens with zero attached hydrogens (tertiary/aromatic N) is 3. The van der Waals surface area contributed by atoms with Crippen molar-refractivity contribution >= 4 is 16.6 Å². The summed E-state index contributed by atoms with van der Waals surface area (Å²) >= 11 is 0. The smallest absolute Gasteiger partial charge is 0.186 e. The number of hydrogen-bond acceptors (Lipinski definition) is 4. The van der Waals surface area contributed by atoms with Crippen molar-refractivity contribution in [3.63, 3.8) is 0 Å². The highest BCUT2D eigenvalue weighted by molar-refractivity contribution is 5.92. The molecule has 0 spiro atoms. The number of hydrogen-bond donors (Lipinski definition) is 1. The Hall–Kier alpha value is -2.15. The van der Waals surface area contributed by atoms with Gasteiger partial charge in [-0.1, -0.05) is 18.2 Å². The first kappa shape index (κ1) is 10.0. The highest BCUT2D eigenvalue weighted by Gasteiger charge is 2.20. The Morgan fingerprint density at radius 1 is 1.24 bits per heavy atom. The maximum atomic E-state index is 9.09. The lowest BCUT2D eigenvalue weighted by Crippen LogP contribution is -2.27. The van der Waals surface area contributed by atoms with E-state index in [0.29, 0.717) is 11.7 Å². The minimum absolute atomic E-state index is 0.385. The molecule has 1 saturated carbocycles. The van der Waals surface area contributed by atoms with Gasteiger partial charge in [-0.2, -0.15) is 5.26 Å². The molecule has 0 saturated heterocycles. The maximum Gasteiger partial charge on any atom is 0.186 e. The SMILES string of the molecule is N#Cc1nnc2ccccc2c1NC1CCC1. The summed E-state index contributed by atoms with van der Waals surface area (Å²) < 4.78 is 0. The molecule has 0 bridgehead atoms. The molecule has 3 rings (SSSR count). The van der Waals surface area contributed by atoms with Crippen LogP contribution >= 0.6 is 0 Å². The van der Waals surface area contributed by atoms with Crippen LogP contribution < -0.4 is 5.32 Å². The Bertz CT molecular complexity index is 596. The summed E-state index contributed by atoms with van der Waals surface area (Å²) in [4.78, 5) is 0. The average molecular weight is 224 g/mol. The Balaban J connectivity index is 2.13. The van der Waals surface area contributed by atoms with Crippen LogP contribution in [0.25, 0.3) is 10.9 Å². The number of nitriles is 1. The second-order valence-corrected chi connectivity index (χ2v) is 4.32. The highest BCUT2D eigenvalue weighted by Crippen LogP contribution is 2.29. The van der Waals surface area contributed by atoms with E-state index in [9.17, 15) is 0 Å². The third-order valence-corrected chi connectivity index (χ3v) is 3.23. The van der Waals surface area contributed by atoms with E-state index >= 15 is 0 Å². The zero-order valence-electron chi connectivity index (χ0n) is 9.35. The Labute approximate surface area is 99.3 Å². The van der Waals surface area contributed by atoms with Gasteiger partial charge in [-0.3, -0.25) is 0 Å². The van der Waals surface area contributed by atoms with Crippen LogP contribution in [0.2, 0.25) is 0 Å². The van der Waals surface area contributed by atoms with Crippen LogP contribution in [-0.2, 0) is 0 Å². The summed E-state index contributed by atoms with van der Waals surface area (Å²) in [5.74, 6) is 0. The predicted molar refractivity (Wildman–Crippen MR) is 65.5 cm³/mol. The molecule has 0 unspecified atom stereocenters. The molecule has 1 heterocycles. The van der Waals surface area contributed by atoms with Gasteiger partial charge in [0.05, 0.1) is 11.2 Å². The molecule has 1 aliphatic rings. The monoisotopic (exact) mass is 224 g/mol. The lowest BCUT2D eigenvalue weighted by atomic mass is 9.92. The number of benzene rings is 1. The normalized spacial score (nSPS) is 15.2. The molecular formula is C13H12N4. The zero-order chi connectivity index (χ0) is 11.7. The van der Waals surface area contributed by atoms with E-state index in [-0.39, 0.29) is 0 Å². The van der Waals surface area contributed by atoms with Crippen LogP contribution in [0.1, 0.15) is 25.0 Å². The Morgan fingerprint density at radius 3 is 2.76 bits per heavy atom. The second kappa shape index (κ2) is 4.02. The standard InChI is InChI=1S/C13H12N4/c14-8-12-13(15-9-4-3-5-9)10-6-1-2-7-11(10)16-17-12/h1-2,6-7,9H,3-5H2,(H,15,16). The highest BCUT2D eigenvalue weighted by atomic mass is 15.1. The van der Waals surface area contributed by atoms with Crippen molar-refractivity contribution in [1.82, 2.24) is 10.2 Å². The van der Waals surface area contributed by atoms with Crippen LogP contribution in [0.5, 0.6) is 0 Å². The molecular weight excluding hydrogens is 212 g/mol. The zero-order valence-corrected chi connectivity index (χ0v) is 9.35. The van der Waals surface area contributed by atoms with Crippen molar-refractivity contribution in [3.05, 3.63) is 30.0 Å². The number of anilines is 1. The molecule has 1 N–H and O–H groups in total. The van der Waals surface area contributed by atoms with Crippen LogP contribution in [0.4, 0.5) is 5.69 Å². The molecule has 1 aromatic carbocycles. The topological polar surface area (TPSA) is 61.6 Å². The fourth-order valence-electron chi connectivity index (χ4n) is 2.03. The van der Waals surface area contributed by atoms with Crippen molar-refractivity contribution in [2.75, 3.05) is 5.32 Å².